The molecule has 5 heteroatoms. The van der Waals surface area contributed by atoms with Crippen molar-refractivity contribution < 1.29 is 10.0 Å². The highest BCUT2D eigenvalue weighted by molar-refractivity contribution is 5.94. The fraction of sp³-hybridized carbons (Fsp3) is 0.364. The Bertz CT molecular complexity index is 408. The topological polar surface area (TPSA) is 74.6 Å². The molecular weight excluding hydrogens is 206 g/mol. The minimum Gasteiger partial charge on any atom is -0.411 e. The Morgan fingerprint density at radius 2 is 2.19 bits per heavy atom. The van der Waals surface area contributed by atoms with Gasteiger partial charge in [-0.3, -0.25) is 4.79 Å². The lowest BCUT2D eigenvalue weighted by atomic mass is 9.96. The number of hydrogen-bond acceptors (Lipinski definition) is 4. The van der Waals surface area contributed by atoms with Gasteiger partial charge in [-0.05, 0) is 12.1 Å². The number of oxime groups is 1. The van der Waals surface area contributed by atoms with Gasteiger partial charge in [0.05, 0.1) is 11.9 Å². The van der Waals surface area contributed by atoms with Gasteiger partial charge in [-0.25, -0.2) is 4.98 Å². The van der Waals surface area contributed by atoms with Crippen molar-refractivity contribution in [1.82, 2.24) is 4.98 Å². The standard InChI is InChI=1S/C11H15N3O2/c1-11(2,3)10(15)14-9-6-4-5-8(13-9)7-12-16/h4-7,16H,1-3H3,(H,13,14,15)/b12-7-. The predicted octanol–water partition coefficient (Wildman–Crippen LogP) is 1.87. The summed E-state index contributed by atoms with van der Waals surface area (Å²) in [5.74, 6) is 0.329. The van der Waals surface area contributed by atoms with Gasteiger partial charge in [0.1, 0.15) is 5.82 Å². The minimum absolute atomic E-state index is 0.113. The molecule has 86 valence electrons. The van der Waals surface area contributed by atoms with Crippen molar-refractivity contribution in [3.05, 3.63) is 23.9 Å². The summed E-state index contributed by atoms with van der Waals surface area (Å²) >= 11 is 0. The molecule has 2 N–H and O–H groups in total. The summed E-state index contributed by atoms with van der Waals surface area (Å²) in [5.41, 5.74) is 0.0113. The first kappa shape index (κ1) is 12.2. The van der Waals surface area contributed by atoms with Gasteiger partial charge in [-0.15, -0.1) is 0 Å². The van der Waals surface area contributed by atoms with Crippen molar-refractivity contribution in [2.45, 2.75) is 20.8 Å². The fourth-order valence-corrected chi connectivity index (χ4v) is 0.956. The largest absolute Gasteiger partial charge is 0.411 e. The number of rotatable bonds is 2. The molecule has 0 saturated carbocycles. The summed E-state index contributed by atoms with van der Waals surface area (Å²) in [6, 6.07) is 5.08. The van der Waals surface area contributed by atoms with Crippen LogP contribution in [0, 0.1) is 5.41 Å². The highest BCUT2D eigenvalue weighted by Crippen LogP contribution is 2.16. The Hall–Kier alpha value is -1.91. The number of amides is 1. The Morgan fingerprint density at radius 3 is 2.75 bits per heavy atom. The summed E-state index contributed by atoms with van der Waals surface area (Å²) in [6.45, 7) is 5.46. The molecule has 0 aromatic carbocycles. The molecule has 0 bridgehead atoms. The van der Waals surface area contributed by atoms with Crippen LogP contribution in [0.15, 0.2) is 23.4 Å². The summed E-state index contributed by atoms with van der Waals surface area (Å²) in [5, 5.41) is 13.9. The third-order valence-corrected chi connectivity index (χ3v) is 1.88. The van der Waals surface area contributed by atoms with E-state index >= 15 is 0 Å². The van der Waals surface area contributed by atoms with Crippen LogP contribution in [-0.4, -0.2) is 22.3 Å². The smallest absolute Gasteiger partial charge is 0.230 e. The van der Waals surface area contributed by atoms with Gasteiger partial charge < -0.3 is 10.5 Å². The molecule has 1 aromatic rings. The quantitative estimate of drug-likeness (QED) is 0.455. The van der Waals surface area contributed by atoms with E-state index in [9.17, 15) is 4.79 Å². The van der Waals surface area contributed by atoms with Gasteiger partial charge in [0.25, 0.3) is 0 Å². The number of carbonyl (C=O) groups excluding carboxylic acids is 1. The summed E-state index contributed by atoms with van der Waals surface area (Å²) < 4.78 is 0. The Labute approximate surface area is 94.2 Å². The second-order valence-electron chi connectivity index (χ2n) is 4.40. The number of hydrogen-bond donors (Lipinski definition) is 2. The molecule has 0 aliphatic heterocycles. The Kier molecular flexibility index (Phi) is 3.60. The van der Waals surface area contributed by atoms with E-state index in [1.165, 1.54) is 6.21 Å². The normalized spacial score (nSPS) is 11.7. The Balaban J connectivity index is 2.82. The molecule has 0 fully saturated rings. The summed E-state index contributed by atoms with van der Waals surface area (Å²) in [6.07, 6.45) is 1.20. The van der Waals surface area contributed by atoms with Crippen molar-refractivity contribution in [3.63, 3.8) is 0 Å². The first-order chi connectivity index (χ1) is 7.43. The van der Waals surface area contributed by atoms with E-state index in [0.717, 1.165) is 0 Å². The fourth-order valence-electron chi connectivity index (χ4n) is 0.956. The first-order valence-corrected chi connectivity index (χ1v) is 4.89. The summed E-state index contributed by atoms with van der Waals surface area (Å²) in [4.78, 5) is 15.7. The van der Waals surface area contributed by atoms with E-state index in [4.69, 9.17) is 5.21 Å². The third-order valence-electron chi connectivity index (χ3n) is 1.88. The molecule has 0 saturated heterocycles. The lowest BCUT2D eigenvalue weighted by molar-refractivity contribution is -0.123. The highest BCUT2D eigenvalue weighted by atomic mass is 16.4. The van der Waals surface area contributed by atoms with Crippen LogP contribution in [0.3, 0.4) is 0 Å². The maximum absolute atomic E-state index is 11.7. The van der Waals surface area contributed by atoms with Gasteiger partial charge >= 0.3 is 0 Å². The lowest BCUT2D eigenvalue weighted by Gasteiger charge is -2.17. The van der Waals surface area contributed by atoms with Crippen molar-refractivity contribution >= 4 is 17.9 Å². The van der Waals surface area contributed by atoms with Crippen molar-refractivity contribution in [2.24, 2.45) is 10.6 Å². The molecule has 0 unspecified atom stereocenters. The molecule has 1 aromatic heterocycles. The first-order valence-electron chi connectivity index (χ1n) is 4.89. The monoisotopic (exact) mass is 221 g/mol. The van der Waals surface area contributed by atoms with Crippen LogP contribution in [-0.2, 0) is 4.79 Å². The third kappa shape index (κ3) is 3.34. The zero-order valence-electron chi connectivity index (χ0n) is 9.56. The molecule has 0 radical (unpaired) electrons. The number of nitrogens with zero attached hydrogens (tertiary/aromatic N) is 2. The van der Waals surface area contributed by atoms with Crippen LogP contribution in [0.4, 0.5) is 5.82 Å². The lowest BCUT2D eigenvalue weighted by Crippen LogP contribution is -2.28. The van der Waals surface area contributed by atoms with E-state index in [2.05, 4.69) is 15.5 Å². The van der Waals surface area contributed by atoms with Gasteiger partial charge in [0.15, 0.2) is 0 Å². The van der Waals surface area contributed by atoms with Crippen LogP contribution in [0.2, 0.25) is 0 Å². The zero-order chi connectivity index (χ0) is 12.2. The number of anilines is 1. The average molecular weight is 221 g/mol. The van der Waals surface area contributed by atoms with Crippen LogP contribution in [0.5, 0.6) is 0 Å². The van der Waals surface area contributed by atoms with Crippen molar-refractivity contribution in [3.8, 4) is 0 Å². The molecule has 16 heavy (non-hydrogen) atoms. The van der Waals surface area contributed by atoms with E-state index in [-0.39, 0.29) is 5.91 Å². The van der Waals surface area contributed by atoms with Crippen molar-refractivity contribution in [2.75, 3.05) is 5.32 Å². The summed E-state index contributed by atoms with van der Waals surface area (Å²) in [7, 11) is 0. The van der Waals surface area contributed by atoms with Gasteiger partial charge in [-0.2, -0.15) is 0 Å². The van der Waals surface area contributed by atoms with Crippen LogP contribution >= 0.6 is 0 Å². The molecule has 1 rings (SSSR count). The molecule has 5 nitrogen and oxygen atoms in total. The van der Waals surface area contributed by atoms with Crippen LogP contribution in [0.25, 0.3) is 0 Å². The highest BCUT2D eigenvalue weighted by Gasteiger charge is 2.21. The molecule has 1 amide bonds. The molecule has 0 atom stereocenters. The number of aromatic nitrogens is 1. The van der Waals surface area contributed by atoms with Crippen LogP contribution in [0.1, 0.15) is 26.5 Å². The second kappa shape index (κ2) is 4.74. The molecule has 0 aliphatic rings. The zero-order valence-corrected chi connectivity index (χ0v) is 9.56. The number of carbonyl (C=O) groups is 1. The number of nitrogens with one attached hydrogen (secondary N) is 1. The Morgan fingerprint density at radius 1 is 1.50 bits per heavy atom. The SMILES string of the molecule is CC(C)(C)C(=O)Nc1cccc(/C=N\O)n1. The second-order valence-corrected chi connectivity index (χ2v) is 4.40. The molecule has 1 heterocycles. The van der Waals surface area contributed by atoms with E-state index < -0.39 is 5.41 Å². The van der Waals surface area contributed by atoms with Gasteiger partial charge in [-0.1, -0.05) is 32.0 Å². The van der Waals surface area contributed by atoms with Crippen LogP contribution < -0.4 is 5.32 Å². The molecule has 0 spiro atoms. The maximum atomic E-state index is 11.7. The molecular formula is C11H15N3O2. The van der Waals surface area contributed by atoms with Crippen molar-refractivity contribution in [1.29, 1.82) is 0 Å². The minimum atomic E-state index is -0.469. The average Bonchev–Trinajstić information content (AvgIpc) is 2.17. The van der Waals surface area contributed by atoms with Gasteiger partial charge in [0, 0.05) is 5.41 Å². The maximum Gasteiger partial charge on any atom is 0.230 e. The number of pyridine rings is 1. The predicted molar refractivity (Wildman–Crippen MR) is 61.7 cm³/mol. The van der Waals surface area contributed by atoms with E-state index in [1.807, 2.05) is 20.8 Å². The van der Waals surface area contributed by atoms with E-state index in [1.54, 1.807) is 18.2 Å². The molecule has 0 aliphatic carbocycles. The van der Waals surface area contributed by atoms with E-state index in [0.29, 0.717) is 11.5 Å². The van der Waals surface area contributed by atoms with Gasteiger partial charge in [0.2, 0.25) is 5.91 Å².